The molecule has 0 unspecified atom stereocenters. The molecule has 4 heteroatoms. The summed E-state index contributed by atoms with van der Waals surface area (Å²) in [6, 6.07) is 0.327. The van der Waals surface area contributed by atoms with E-state index in [4.69, 9.17) is 0 Å². The maximum Gasteiger partial charge on any atom is 0.233 e. The number of nitrogens with one attached hydrogen (secondary N) is 2. The lowest BCUT2D eigenvalue weighted by Gasteiger charge is -2.08. The van der Waals surface area contributed by atoms with Crippen LogP contribution in [0.5, 0.6) is 0 Å². The van der Waals surface area contributed by atoms with Gasteiger partial charge in [0.2, 0.25) is 5.91 Å². The van der Waals surface area contributed by atoms with Gasteiger partial charge in [-0.1, -0.05) is 20.8 Å². The molecular formula is C12H24N2O2. The Bertz CT molecular complexity index is 215. The monoisotopic (exact) mass is 228 g/mol. The highest BCUT2D eigenvalue weighted by atomic mass is 16.2. The van der Waals surface area contributed by atoms with E-state index in [9.17, 15) is 9.59 Å². The number of rotatable bonds is 9. The van der Waals surface area contributed by atoms with Gasteiger partial charge in [-0.05, 0) is 12.8 Å². The van der Waals surface area contributed by atoms with Crippen LogP contribution in [0.1, 0.15) is 46.5 Å². The fraction of sp³-hybridized carbons (Fsp3) is 0.833. The minimum atomic E-state index is 0.0236. The van der Waals surface area contributed by atoms with Gasteiger partial charge < -0.3 is 10.6 Å². The zero-order chi connectivity index (χ0) is 12.4. The maximum absolute atomic E-state index is 11.3. The van der Waals surface area contributed by atoms with Gasteiger partial charge in [0.1, 0.15) is 5.78 Å². The molecule has 0 heterocycles. The van der Waals surface area contributed by atoms with Crippen LogP contribution in [0, 0.1) is 0 Å². The normalized spacial score (nSPS) is 10.5. The van der Waals surface area contributed by atoms with Gasteiger partial charge in [0.25, 0.3) is 0 Å². The predicted molar refractivity (Wildman–Crippen MR) is 65.3 cm³/mol. The molecule has 1 amide bonds. The lowest BCUT2D eigenvalue weighted by Crippen LogP contribution is -2.37. The highest BCUT2D eigenvalue weighted by molar-refractivity contribution is 5.78. The SMILES string of the molecule is CCC(=O)CCCCNC(=O)CNC(C)C. The maximum atomic E-state index is 11.3. The first-order valence-electron chi connectivity index (χ1n) is 6.08. The van der Waals surface area contributed by atoms with Crippen LogP contribution in [-0.2, 0) is 9.59 Å². The van der Waals surface area contributed by atoms with Crippen LogP contribution in [0.3, 0.4) is 0 Å². The molecular weight excluding hydrogens is 204 g/mol. The third kappa shape index (κ3) is 9.65. The van der Waals surface area contributed by atoms with E-state index in [0.29, 0.717) is 37.8 Å². The van der Waals surface area contributed by atoms with Crippen molar-refractivity contribution in [3.63, 3.8) is 0 Å². The molecule has 4 nitrogen and oxygen atoms in total. The first-order valence-corrected chi connectivity index (χ1v) is 6.08. The fourth-order valence-corrected chi connectivity index (χ4v) is 1.21. The van der Waals surface area contributed by atoms with Crippen LogP contribution in [0.25, 0.3) is 0 Å². The summed E-state index contributed by atoms with van der Waals surface area (Å²) in [7, 11) is 0. The van der Waals surface area contributed by atoms with Crippen molar-refractivity contribution < 1.29 is 9.59 Å². The van der Waals surface area contributed by atoms with Crippen LogP contribution >= 0.6 is 0 Å². The Morgan fingerprint density at radius 1 is 1.19 bits per heavy atom. The van der Waals surface area contributed by atoms with E-state index in [0.717, 1.165) is 12.8 Å². The topological polar surface area (TPSA) is 58.2 Å². The molecule has 2 N–H and O–H groups in total. The Morgan fingerprint density at radius 2 is 1.88 bits per heavy atom. The molecule has 0 fully saturated rings. The van der Waals surface area contributed by atoms with Crippen LogP contribution in [0.15, 0.2) is 0 Å². The summed E-state index contributed by atoms with van der Waals surface area (Å²) < 4.78 is 0. The average molecular weight is 228 g/mol. The van der Waals surface area contributed by atoms with Crippen molar-refractivity contribution in [2.45, 2.75) is 52.5 Å². The number of ketones is 1. The van der Waals surface area contributed by atoms with Crippen molar-refractivity contribution >= 4 is 11.7 Å². The van der Waals surface area contributed by atoms with Crippen LogP contribution in [-0.4, -0.2) is 30.8 Å². The molecule has 16 heavy (non-hydrogen) atoms. The smallest absolute Gasteiger partial charge is 0.233 e. The van der Waals surface area contributed by atoms with Gasteiger partial charge in [-0.25, -0.2) is 0 Å². The summed E-state index contributed by atoms with van der Waals surface area (Å²) >= 11 is 0. The van der Waals surface area contributed by atoms with Gasteiger partial charge in [-0.15, -0.1) is 0 Å². The molecule has 0 bridgehead atoms. The first kappa shape index (κ1) is 15.1. The minimum Gasteiger partial charge on any atom is -0.355 e. The van der Waals surface area contributed by atoms with Crippen molar-refractivity contribution in [1.29, 1.82) is 0 Å². The molecule has 0 radical (unpaired) electrons. The molecule has 94 valence electrons. The molecule has 0 rings (SSSR count). The van der Waals surface area contributed by atoms with Crippen molar-refractivity contribution in [3.05, 3.63) is 0 Å². The highest BCUT2D eigenvalue weighted by Crippen LogP contribution is 1.97. The minimum absolute atomic E-state index is 0.0236. The number of carbonyl (C=O) groups excluding carboxylic acids is 2. The molecule has 0 aromatic carbocycles. The summed E-state index contributed by atoms with van der Waals surface area (Å²) in [5, 5.41) is 5.86. The summed E-state index contributed by atoms with van der Waals surface area (Å²) in [6.45, 7) is 6.91. The van der Waals surface area contributed by atoms with Gasteiger partial charge in [-0.2, -0.15) is 0 Å². The molecule has 0 atom stereocenters. The Morgan fingerprint density at radius 3 is 2.44 bits per heavy atom. The molecule has 0 aliphatic rings. The van der Waals surface area contributed by atoms with E-state index in [1.54, 1.807) is 0 Å². The Hall–Kier alpha value is -0.900. The number of hydrogen-bond acceptors (Lipinski definition) is 3. The number of hydrogen-bond donors (Lipinski definition) is 2. The van der Waals surface area contributed by atoms with Crippen molar-refractivity contribution in [1.82, 2.24) is 10.6 Å². The zero-order valence-electron chi connectivity index (χ0n) is 10.6. The highest BCUT2D eigenvalue weighted by Gasteiger charge is 2.01. The molecule has 0 aliphatic heterocycles. The standard InChI is InChI=1S/C12H24N2O2/c1-4-11(15)7-5-6-8-13-12(16)9-14-10(2)3/h10,14H,4-9H2,1-3H3,(H,13,16). The summed E-state index contributed by atoms with van der Waals surface area (Å²) in [4.78, 5) is 22.2. The van der Waals surface area contributed by atoms with Gasteiger partial charge in [0, 0.05) is 25.4 Å². The Labute approximate surface area is 98.2 Å². The summed E-state index contributed by atoms with van der Waals surface area (Å²) in [5.74, 6) is 0.323. The molecule has 0 aliphatic carbocycles. The fourth-order valence-electron chi connectivity index (χ4n) is 1.21. The van der Waals surface area contributed by atoms with Crippen molar-refractivity contribution in [2.75, 3.05) is 13.1 Å². The first-order chi connectivity index (χ1) is 7.56. The number of amides is 1. The van der Waals surface area contributed by atoms with E-state index in [-0.39, 0.29) is 5.91 Å². The molecule has 0 aromatic heterocycles. The van der Waals surface area contributed by atoms with E-state index >= 15 is 0 Å². The van der Waals surface area contributed by atoms with Gasteiger partial charge in [-0.3, -0.25) is 9.59 Å². The van der Waals surface area contributed by atoms with Crippen LogP contribution in [0.4, 0.5) is 0 Å². The van der Waals surface area contributed by atoms with Gasteiger partial charge >= 0.3 is 0 Å². The van der Waals surface area contributed by atoms with Crippen LogP contribution in [0.2, 0.25) is 0 Å². The molecule has 0 aromatic rings. The second kappa shape index (κ2) is 9.33. The second-order valence-corrected chi connectivity index (χ2v) is 4.23. The predicted octanol–water partition coefficient (Wildman–Crippen LogP) is 1.25. The quantitative estimate of drug-likeness (QED) is 0.584. The van der Waals surface area contributed by atoms with E-state index in [1.807, 2.05) is 20.8 Å². The lowest BCUT2D eigenvalue weighted by atomic mass is 10.1. The van der Waals surface area contributed by atoms with Crippen molar-refractivity contribution in [2.24, 2.45) is 0 Å². The number of unbranched alkanes of at least 4 members (excludes halogenated alkanes) is 1. The third-order valence-electron chi connectivity index (χ3n) is 2.27. The van der Waals surface area contributed by atoms with Crippen molar-refractivity contribution in [3.8, 4) is 0 Å². The molecule has 0 spiro atoms. The zero-order valence-corrected chi connectivity index (χ0v) is 10.6. The second-order valence-electron chi connectivity index (χ2n) is 4.23. The lowest BCUT2D eigenvalue weighted by molar-refractivity contribution is -0.120. The Kier molecular flexibility index (Phi) is 8.81. The van der Waals surface area contributed by atoms with Gasteiger partial charge in [0.15, 0.2) is 0 Å². The average Bonchev–Trinajstić information content (AvgIpc) is 2.25. The van der Waals surface area contributed by atoms with Gasteiger partial charge in [0.05, 0.1) is 6.54 Å². The molecule has 0 saturated carbocycles. The molecule has 0 saturated heterocycles. The van der Waals surface area contributed by atoms with E-state index < -0.39 is 0 Å². The van der Waals surface area contributed by atoms with E-state index in [1.165, 1.54) is 0 Å². The largest absolute Gasteiger partial charge is 0.355 e. The summed E-state index contributed by atoms with van der Waals surface area (Å²) in [5.41, 5.74) is 0. The number of carbonyl (C=O) groups is 2. The Balaban J connectivity index is 3.31. The van der Waals surface area contributed by atoms with E-state index in [2.05, 4.69) is 10.6 Å². The van der Waals surface area contributed by atoms with Crippen LogP contribution < -0.4 is 10.6 Å². The third-order valence-corrected chi connectivity index (χ3v) is 2.27. The summed E-state index contributed by atoms with van der Waals surface area (Å²) in [6.07, 6.45) is 2.99. The number of Topliss-reactive ketones (excluding diaryl/α,β-unsaturated/α-hetero) is 1.